The van der Waals surface area contributed by atoms with Crippen LogP contribution in [0.15, 0.2) is 42.5 Å². The van der Waals surface area contributed by atoms with E-state index in [1.54, 1.807) is 7.11 Å². The second-order valence-electron chi connectivity index (χ2n) is 4.84. The van der Waals surface area contributed by atoms with Crippen molar-refractivity contribution in [2.24, 2.45) is 0 Å². The molecule has 0 saturated heterocycles. The van der Waals surface area contributed by atoms with E-state index in [-0.39, 0.29) is 6.03 Å². The quantitative estimate of drug-likeness (QED) is 0.883. The second kappa shape index (κ2) is 6.79. The minimum absolute atomic E-state index is 0.285. The van der Waals surface area contributed by atoms with Crippen LogP contribution in [0.3, 0.4) is 0 Å². The Morgan fingerprint density at radius 2 is 1.95 bits per heavy atom. The highest BCUT2D eigenvalue weighted by Crippen LogP contribution is 2.25. The van der Waals surface area contributed by atoms with Gasteiger partial charge < -0.3 is 15.4 Å². The van der Waals surface area contributed by atoms with Crippen LogP contribution in [0.25, 0.3) is 0 Å². The van der Waals surface area contributed by atoms with Crippen molar-refractivity contribution >= 4 is 17.4 Å². The normalized spacial score (nSPS) is 10.0. The average molecular weight is 284 g/mol. The van der Waals surface area contributed by atoms with Gasteiger partial charge in [-0.2, -0.15) is 0 Å². The van der Waals surface area contributed by atoms with E-state index in [1.165, 1.54) is 5.56 Å². The summed E-state index contributed by atoms with van der Waals surface area (Å²) >= 11 is 0. The summed E-state index contributed by atoms with van der Waals surface area (Å²) in [6.45, 7) is 4.05. The Kier molecular flexibility index (Phi) is 4.82. The first-order valence-electron chi connectivity index (χ1n) is 6.94. The lowest BCUT2D eigenvalue weighted by atomic mass is 10.1. The van der Waals surface area contributed by atoms with Crippen LogP contribution in [0.5, 0.6) is 5.75 Å². The summed E-state index contributed by atoms with van der Waals surface area (Å²) in [6, 6.07) is 13.2. The number of aryl methyl sites for hydroxylation is 2. The highest BCUT2D eigenvalue weighted by Gasteiger charge is 2.08. The van der Waals surface area contributed by atoms with Gasteiger partial charge in [0.05, 0.1) is 12.8 Å². The Hall–Kier alpha value is -2.49. The molecule has 4 heteroatoms. The number of amides is 2. The zero-order valence-electron chi connectivity index (χ0n) is 12.6. The highest BCUT2D eigenvalue weighted by molar-refractivity contribution is 6.00. The van der Waals surface area contributed by atoms with Crippen molar-refractivity contribution < 1.29 is 9.53 Å². The van der Waals surface area contributed by atoms with Gasteiger partial charge in [0, 0.05) is 5.69 Å². The van der Waals surface area contributed by atoms with E-state index in [4.69, 9.17) is 4.74 Å². The van der Waals surface area contributed by atoms with Crippen molar-refractivity contribution in [1.82, 2.24) is 0 Å². The molecule has 2 aromatic rings. The maximum absolute atomic E-state index is 12.1. The van der Waals surface area contributed by atoms with Crippen LogP contribution < -0.4 is 15.4 Å². The third-order valence-corrected chi connectivity index (χ3v) is 3.20. The second-order valence-corrected chi connectivity index (χ2v) is 4.84. The number of rotatable bonds is 4. The van der Waals surface area contributed by atoms with Gasteiger partial charge in [-0.3, -0.25) is 0 Å². The molecular weight excluding hydrogens is 264 g/mol. The summed E-state index contributed by atoms with van der Waals surface area (Å²) in [7, 11) is 1.58. The third kappa shape index (κ3) is 3.99. The van der Waals surface area contributed by atoms with Gasteiger partial charge in [0.15, 0.2) is 0 Å². The minimum Gasteiger partial charge on any atom is -0.495 e. The van der Waals surface area contributed by atoms with Gasteiger partial charge >= 0.3 is 6.03 Å². The largest absolute Gasteiger partial charge is 0.495 e. The molecule has 0 heterocycles. The molecule has 2 rings (SSSR count). The summed E-state index contributed by atoms with van der Waals surface area (Å²) in [4.78, 5) is 12.1. The van der Waals surface area contributed by atoms with Crippen LogP contribution in [-0.2, 0) is 6.42 Å². The van der Waals surface area contributed by atoms with E-state index < -0.39 is 0 Å². The molecule has 0 aliphatic heterocycles. The lowest BCUT2D eigenvalue weighted by molar-refractivity contribution is 0.262. The maximum atomic E-state index is 12.1. The van der Waals surface area contributed by atoms with E-state index in [0.717, 1.165) is 17.7 Å². The Labute approximate surface area is 125 Å². The van der Waals surface area contributed by atoms with Gasteiger partial charge in [-0.05, 0) is 48.7 Å². The van der Waals surface area contributed by atoms with Crippen molar-refractivity contribution in [3.63, 3.8) is 0 Å². The van der Waals surface area contributed by atoms with Gasteiger partial charge in [-0.25, -0.2) is 4.79 Å². The van der Waals surface area contributed by atoms with Crippen molar-refractivity contribution in [1.29, 1.82) is 0 Å². The number of nitrogens with one attached hydrogen (secondary N) is 2. The molecule has 0 aliphatic rings. The number of ether oxygens (including phenoxy) is 1. The molecule has 0 fully saturated rings. The molecule has 110 valence electrons. The van der Waals surface area contributed by atoms with E-state index >= 15 is 0 Å². The van der Waals surface area contributed by atoms with Crippen LogP contribution in [0.4, 0.5) is 16.2 Å². The summed E-state index contributed by atoms with van der Waals surface area (Å²) in [5.74, 6) is 0.637. The highest BCUT2D eigenvalue weighted by atomic mass is 16.5. The Balaban J connectivity index is 2.09. The van der Waals surface area contributed by atoms with E-state index in [2.05, 4.69) is 17.6 Å². The summed E-state index contributed by atoms with van der Waals surface area (Å²) in [6.07, 6.45) is 0.933. The number of carbonyl (C=O) groups is 1. The maximum Gasteiger partial charge on any atom is 0.323 e. The first-order chi connectivity index (χ1) is 10.1. The first-order valence-corrected chi connectivity index (χ1v) is 6.94. The van der Waals surface area contributed by atoms with Gasteiger partial charge in [-0.15, -0.1) is 0 Å². The number of hydrogen-bond acceptors (Lipinski definition) is 2. The molecule has 21 heavy (non-hydrogen) atoms. The molecule has 0 aliphatic carbocycles. The molecule has 2 aromatic carbocycles. The number of anilines is 2. The molecule has 2 N–H and O–H groups in total. The van der Waals surface area contributed by atoms with E-state index in [1.807, 2.05) is 49.4 Å². The lowest BCUT2D eigenvalue weighted by Crippen LogP contribution is -2.20. The molecule has 2 amide bonds. The van der Waals surface area contributed by atoms with Crippen LogP contribution in [0.1, 0.15) is 18.1 Å². The van der Waals surface area contributed by atoms with E-state index in [0.29, 0.717) is 11.4 Å². The van der Waals surface area contributed by atoms with Crippen molar-refractivity contribution in [3.05, 3.63) is 53.6 Å². The van der Waals surface area contributed by atoms with Gasteiger partial charge in [0.25, 0.3) is 0 Å². The molecular formula is C17H20N2O2. The first kappa shape index (κ1) is 14.9. The number of benzene rings is 2. The average Bonchev–Trinajstić information content (AvgIpc) is 2.47. The third-order valence-electron chi connectivity index (χ3n) is 3.20. The minimum atomic E-state index is -0.285. The number of carbonyl (C=O) groups excluding carboxylic acids is 1. The van der Waals surface area contributed by atoms with Crippen molar-refractivity contribution in [2.75, 3.05) is 17.7 Å². The summed E-state index contributed by atoms with van der Waals surface area (Å²) < 4.78 is 5.25. The molecule has 0 radical (unpaired) electrons. The topological polar surface area (TPSA) is 50.4 Å². The molecule has 0 atom stereocenters. The fourth-order valence-corrected chi connectivity index (χ4v) is 2.07. The molecule has 0 bridgehead atoms. The fourth-order valence-electron chi connectivity index (χ4n) is 2.07. The number of methoxy groups -OCH3 is 1. The fraction of sp³-hybridized carbons (Fsp3) is 0.235. The van der Waals surface area contributed by atoms with Crippen molar-refractivity contribution in [2.45, 2.75) is 20.3 Å². The summed E-state index contributed by atoms with van der Waals surface area (Å²) in [5.41, 5.74) is 3.67. The predicted molar refractivity (Wildman–Crippen MR) is 86.2 cm³/mol. The molecule has 0 saturated carbocycles. The van der Waals surface area contributed by atoms with Crippen LogP contribution in [0, 0.1) is 6.92 Å². The van der Waals surface area contributed by atoms with Gasteiger partial charge in [0.2, 0.25) is 0 Å². The van der Waals surface area contributed by atoms with Crippen LogP contribution in [0.2, 0.25) is 0 Å². The Morgan fingerprint density at radius 3 is 2.67 bits per heavy atom. The standard InChI is InChI=1S/C17H20N2O2/c1-4-13-6-5-7-14(11-13)18-17(20)19-15-10-12(2)8-9-16(15)21-3/h5-11H,4H2,1-3H3,(H2,18,19,20). The number of hydrogen-bond donors (Lipinski definition) is 2. The monoisotopic (exact) mass is 284 g/mol. The van der Waals surface area contributed by atoms with Crippen LogP contribution in [-0.4, -0.2) is 13.1 Å². The predicted octanol–water partition coefficient (Wildman–Crippen LogP) is 4.21. The molecule has 0 aromatic heterocycles. The zero-order chi connectivity index (χ0) is 15.2. The SMILES string of the molecule is CCc1cccc(NC(=O)Nc2cc(C)ccc2OC)c1. The van der Waals surface area contributed by atoms with Crippen molar-refractivity contribution in [3.8, 4) is 5.75 Å². The zero-order valence-corrected chi connectivity index (χ0v) is 12.6. The van der Waals surface area contributed by atoms with Gasteiger partial charge in [-0.1, -0.05) is 25.1 Å². The van der Waals surface area contributed by atoms with E-state index in [9.17, 15) is 4.79 Å². The number of urea groups is 1. The van der Waals surface area contributed by atoms with Gasteiger partial charge in [0.1, 0.15) is 5.75 Å². The molecule has 4 nitrogen and oxygen atoms in total. The Bertz CT molecular complexity index is 638. The summed E-state index contributed by atoms with van der Waals surface area (Å²) in [5, 5.41) is 5.64. The lowest BCUT2D eigenvalue weighted by Gasteiger charge is -2.12. The molecule has 0 spiro atoms. The smallest absolute Gasteiger partial charge is 0.323 e. The van der Waals surface area contributed by atoms with Crippen LogP contribution >= 0.6 is 0 Å². The molecule has 0 unspecified atom stereocenters. The Morgan fingerprint density at radius 1 is 1.14 bits per heavy atom.